The number of carbonyl (C=O) groups is 4. The molecule has 0 spiro atoms. The van der Waals surface area contributed by atoms with Crippen molar-refractivity contribution >= 4 is 35.1 Å². The van der Waals surface area contributed by atoms with E-state index < -0.39 is 60.8 Å². The Morgan fingerprint density at radius 2 is 0.795 bits per heavy atom. The average molecular weight is 1200 g/mol. The van der Waals surface area contributed by atoms with E-state index >= 15 is 0 Å². The number of aromatic nitrogens is 2. The summed E-state index contributed by atoms with van der Waals surface area (Å²) in [5.41, 5.74) is 8.43. The van der Waals surface area contributed by atoms with Gasteiger partial charge in [0.25, 0.3) is 11.8 Å². The van der Waals surface area contributed by atoms with Gasteiger partial charge in [-0.3, -0.25) is 19.2 Å². The first-order valence-corrected chi connectivity index (χ1v) is 29.7. The van der Waals surface area contributed by atoms with Gasteiger partial charge in [0.05, 0.1) is 73.0 Å². The molecule has 0 saturated heterocycles. The van der Waals surface area contributed by atoms with Gasteiger partial charge in [-0.1, -0.05) is 88.4 Å². The quantitative estimate of drug-likeness (QED) is 0.0189. The summed E-state index contributed by atoms with van der Waals surface area (Å²) in [6.07, 6.45) is -4.34. The fourth-order valence-corrected chi connectivity index (χ4v) is 11.2. The molecule has 0 fully saturated rings. The van der Waals surface area contributed by atoms with Crippen LogP contribution in [0.4, 0.5) is 20.2 Å². The SMILES string of the molecule is CC(C)c1c(C(=O)Nc2ccc(OCCCCOc3ccc(NC(=O)c4c(-c5ccccc5)c(-c5ccc(F)cc5)n(CC[C@H](O)C[C@H](O)CC(=O)O)c4C(C)C)cc3)cc2)c(-c2ccccc2)c(-c2ccc(F)cc2)n1CC[C@H](O)C[C@H](O)CC(=O)O. The highest BCUT2D eigenvalue weighted by atomic mass is 19.1. The molecule has 462 valence electrons. The Balaban J connectivity index is 0.909. The van der Waals surface area contributed by atoms with Crippen molar-refractivity contribution in [2.24, 2.45) is 0 Å². The molecular weight excluding hydrogens is 1130 g/mol. The van der Waals surface area contributed by atoms with E-state index in [2.05, 4.69) is 10.6 Å². The number of benzene rings is 6. The van der Waals surface area contributed by atoms with E-state index in [9.17, 15) is 58.6 Å². The van der Waals surface area contributed by atoms with E-state index in [1.54, 1.807) is 72.8 Å². The number of carboxylic acids is 2. The van der Waals surface area contributed by atoms with Crippen LogP contribution in [0.1, 0.15) is 123 Å². The predicted molar refractivity (Wildman–Crippen MR) is 335 cm³/mol. The number of rotatable bonds is 31. The van der Waals surface area contributed by atoms with E-state index in [-0.39, 0.29) is 62.4 Å². The van der Waals surface area contributed by atoms with Crippen LogP contribution < -0.4 is 20.1 Å². The molecule has 8 N–H and O–H groups in total. The topological polar surface area (TPSA) is 242 Å². The normalized spacial score (nSPS) is 12.8. The lowest BCUT2D eigenvalue weighted by molar-refractivity contribution is -0.140. The minimum Gasteiger partial charge on any atom is -0.494 e. The summed E-state index contributed by atoms with van der Waals surface area (Å²) < 4.78 is 44.9. The molecule has 2 aromatic heterocycles. The molecule has 0 aliphatic carbocycles. The first-order chi connectivity index (χ1) is 42.3. The monoisotopic (exact) mass is 1200 g/mol. The van der Waals surface area contributed by atoms with Gasteiger partial charge in [0.1, 0.15) is 23.1 Å². The second-order valence-corrected chi connectivity index (χ2v) is 22.5. The molecule has 0 aliphatic rings. The lowest BCUT2D eigenvalue weighted by atomic mass is 9.94. The average Bonchev–Trinajstić information content (AvgIpc) is 1.80. The van der Waals surface area contributed by atoms with Crippen LogP contribution in [0.15, 0.2) is 158 Å². The summed E-state index contributed by atoms with van der Waals surface area (Å²) in [5.74, 6) is -3.26. The molecule has 8 rings (SSSR count). The van der Waals surface area contributed by atoms with Crippen molar-refractivity contribution in [1.82, 2.24) is 9.13 Å². The third kappa shape index (κ3) is 17.0. The molecule has 0 radical (unpaired) electrons. The van der Waals surface area contributed by atoms with Crippen molar-refractivity contribution in [1.29, 1.82) is 0 Å². The standard InChI is InChI=1S/C70H76F2N4O12/c1-43(2)65-63(61(45-13-7-5-8-14-45)67(47-17-21-49(71)22-18-47)75(65)35-33-53(77)39-55(79)41-59(81)82)69(85)73-51-25-29-57(30-26-51)87-37-11-12-38-88-58-31-27-52(28-32-58)74-70(86)64-62(46-15-9-6-10-16-46)68(48-19-23-50(72)24-20-48)76(66(64)44(3)4)36-34-54(78)40-56(80)42-60(83)84/h5-10,13-32,43-44,53-56,77-80H,11-12,33-42H2,1-4H3,(H,73,85)(H,74,86)(H,81,82)(H,83,84)/t53-,54-,55-,56-/m0/s1. The number of carboxylic acid groups (broad SMARTS) is 2. The highest BCUT2D eigenvalue weighted by molar-refractivity contribution is 6.13. The Hall–Kier alpha value is -8.94. The van der Waals surface area contributed by atoms with Crippen molar-refractivity contribution in [3.05, 3.63) is 192 Å². The van der Waals surface area contributed by atoms with Crippen LogP contribution in [0.2, 0.25) is 0 Å². The van der Waals surface area contributed by atoms with Crippen molar-refractivity contribution in [3.8, 4) is 56.3 Å². The second-order valence-electron chi connectivity index (χ2n) is 22.5. The third-order valence-corrected chi connectivity index (χ3v) is 15.1. The van der Waals surface area contributed by atoms with Gasteiger partial charge < -0.3 is 59.9 Å². The van der Waals surface area contributed by atoms with Crippen molar-refractivity contribution in [2.75, 3.05) is 23.8 Å². The van der Waals surface area contributed by atoms with E-state index in [4.69, 9.17) is 9.47 Å². The number of anilines is 2. The molecule has 4 atom stereocenters. The van der Waals surface area contributed by atoms with E-state index in [0.717, 1.165) is 11.1 Å². The summed E-state index contributed by atoms with van der Waals surface area (Å²) in [5, 5.41) is 67.1. The first-order valence-electron chi connectivity index (χ1n) is 29.7. The Bertz CT molecular complexity index is 3370. The zero-order valence-electron chi connectivity index (χ0n) is 49.7. The van der Waals surface area contributed by atoms with Crippen LogP contribution in [0.5, 0.6) is 11.5 Å². The van der Waals surface area contributed by atoms with Gasteiger partial charge >= 0.3 is 11.9 Å². The third-order valence-electron chi connectivity index (χ3n) is 15.1. The number of halogens is 2. The maximum absolute atomic E-state index is 14.8. The molecule has 2 amide bonds. The van der Waals surface area contributed by atoms with Gasteiger partial charge in [-0.15, -0.1) is 0 Å². The maximum atomic E-state index is 14.8. The summed E-state index contributed by atoms with van der Waals surface area (Å²) in [6, 6.07) is 44.9. The van der Waals surface area contributed by atoms with Crippen LogP contribution in [0.3, 0.4) is 0 Å². The molecule has 0 unspecified atom stereocenters. The summed E-state index contributed by atoms with van der Waals surface area (Å²) in [6.45, 7) is 9.01. The number of carbonyl (C=O) groups excluding carboxylic acids is 2. The Morgan fingerprint density at radius 3 is 1.11 bits per heavy atom. The Labute approximate surface area is 510 Å². The molecule has 6 aromatic carbocycles. The van der Waals surface area contributed by atoms with Crippen LogP contribution in [-0.4, -0.2) is 101 Å². The molecular formula is C70H76F2N4O12. The number of aliphatic hydroxyl groups is 4. The molecule has 0 aliphatic heterocycles. The second kappa shape index (κ2) is 30.6. The number of unbranched alkanes of at least 4 members (excludes halogenated alkanes) is 1. The molecule has 88 heavy (non-hydrogen) atoms. The number of nitrogens with one attached hydrogen (secondary N) is 2. The van der Waals surface area contributed by atoms with Gasteiger partial charge in [0, 0.05) is 47.0 Å². The number of hydrogen-bond donors (Lipinski definition) is 8. The van der Waals surface area contributed by atoms with E-state index in [1.807, 2.05) is 97.5 Å². The largest absolute Gasteiger partial charge is 0.494 e. The van der Waals surface area contributed by atoms with Gasteiger partial charge in [0.15, 0.2) is 0 Å². The number of aliphatic carboxylic acids is 2. The highest BCUT2D eigenvalue weighted by Gasteiger charge is 2.33. The summed E-state index contributed by atoms with van der Waals surface area (Å²) >= 11 is 0. The number of nitrogens with zero attached hydrogens (tertiary/aromatic N) is 2. The minimum absolute atomic E-state index is 0.132. The van der Waals surface area contributed by atoms with Crippen LogP contribution in [0, 0.1) is 11.6 Å². The van der Waals surface area contributed by atoms with Crippen LogP contribution >= 0.6 is 0 Å². The van der Waals surface area contributed by atoms with E-state index in [0.29, 0.717) is 105 Å². The fraction of sp³-hybridized carbons (Fsp3) is 0.314. The molecule has 0 saturated carbocycles. The Morgan fingerprint density at radius 1 is 0.455 bits per heavy atom. The van der Waals surface area contributed by atoms with Crippen molar-refractivity contribution in [2.45, 2.75) is 128 Å². The molecule has 2 heterocycles. The molecule has 16 nitrogen and oxygen atoms in total. The molecule has 18 heteroatoms. The van der Waals surface area contributed by atoms with Gasteiger partial charge in [0.2, 0.25) is 0 Å². The number of aliphatic hydroxyl groups excluding tert-OH is 4. The summed E-state index contributed by atoms with van der Waals surface area (Å²) in [7, 11) is 0. The minimum atomic E-state index is -1.25. The highest BCUT2D eigenvalue weighted by Crippen LogP contribution is 2.45. The maximum Gasteiger partial charge on any atom is 0.305 e. The predicted octanol–water partition coefficient (Wildman–Crippen LogP) is 13.2. The van der Waals surface area contributed by atoms with E-state index in [1.165, 1.54) is 24.3 Å². The summed E-state index contributed by atoms with van der Waals surface area (Å²) in [4.78, 5) is 52.0. The van der Waals surface area contributed by atoms with Crippen molar-refractivity contribution in [3.63, 3.8) is 0 Å². The van der Waals surface area contributed by atoms with Crippen molar-refractivity contribution < 1.29 is 68.1 Å². The first kappa shape index (κ1) is 65.0. The lowest BCUT2D eigenvalue weighted by Crippen LogP contribution is -2.22. The lowest BCUT2D eigenvalue weighted by Gasteiger charge is -2.20. The smallest absolute Gasteiger partial charge is 0.305 e. The zero-order chi connectivity index (χ0) is 63.0. The zero-order valence-corrected chi connectivity index (χ0v) is 49.7. The van der Waals surface area contributed by atoms with Crippen LogP contribution in [-0.2, 0) is 22.7 Å². The number of hydrogen-bond acceptors (Lipinski definition) is 10. The van der Waals surface area contributed by atoms with Gasteiger partial charge in [-0.2, -0.15) is 0 Å². The van der Waals surface area contributed by atoms with Gasteiger partial charge in [-0.25, -0.2) is 8.78 Å². The fourth-order valence-electron chi connectivity index (χ4n) is 11.2. The molecule has 8 aromatic rings. The molecule has 0 bridgehead atoms. The number of ether oxygens (including phenoxy) is 2. The van der Waals surface area contributed by atoms with Gasteiger partial charge in [-0.05, 0) is 170 Å². The number of amides is 2. The Kier molecular flexibility index (Phi) is 22.6. The van der Waals surface area contributed by atoms with Crippen LogP contribution in [0.25, 0.3) is 44.8 Å².